The number of nitrogens with zero attached hydrogens (tertiary/aromatic N) is 2. The number of H-pyrrole nitrogens is 1. The van der Waals surface area contributed by atoms with Gasteiger partial charge >= 0.3 is 0 Å². The Morgan fingerprint density at radius 2 is 2.00 bits per heavy atom. The summed E-state index contributed by atoms with van der Waals surface area (Å²) in [4.78, 5) is 34.5. The molecule has 7 heteroatoms. The van der Waals surface area contributed by atoms with Crippen molar-refractivity contribution in [3.05, 3.63) is 75.3 Å². The molecule has 0 spiro atoms. The number of aromatic nitrogens is 2. The lowest BCUT2D eigenvalue weighted by Crippen LogP contribution is -2.38. The second-order valence-electron chi connectivity index (χ2n) is 7.24. The van der Waals surface area contributed by atoms with E-state index in [-0.39, 0.29) is 30.5 Å². The lowest BCUT2D eigenvalue weighted by atomic mass is 10.1. The van der Waals surface area contributed by atoms with E-state index in [4.69, 9.17) is 16.3 Å². The van der Waals surface area contributed by atoms with Crippen LogP contribution in [0.5, 0.6) is 0 Å². The zero-order chi connectivity index (χ0) is 20.2. The highest BCUT2D eigenvalue weighted by Crippen LogP contribution is 2.17. The molecular formula is C22H22ClN3O3. The molecule has 1 atom stereocenters. The fourth-order valence-electron chi connectivity index (χ4n) is 3.57. The minimum atomic E-state index is -0.201. The molecular weight excluding hydrogens is 390 g/mol. The molecule has 2 heterocycles. The Balaban J connectivity index is 1.57. The fourth-order valence-corrected chi connectivity index (χ4v) is 3.69. The molecule has 1 aliphatic heterocycles. The van der Waals surface area contributed by atoms with Crippen molar-refractivity contribution >= 4 is 28.4 Å². The van der Waals surface area contributed by atoms with Crippen LogP contribution in [0, 0.1) is 0 Å². The van der Waals surface area contributed by atoms with Crippen LogP contribution in [0.15, 0.2) is 53.3 Å². The maximum atomic E-state index is 13.1. The summed E-state index contributed by atoms with van der Waals surface area (Å²) in [5.41, 5.74) is 1.30. The van der Waals surface area contributed by atoms with Gasteiger partial charge in [-0.05, 0) is 42.7 Å². The van der Waals surface area contributed by atoms with Crippen molar-refractivity contribution in [3.8, 4) is 0 Å². The summed E-state index contributed by atoms with van der Waals surface area (Å²) in [7, 11) is 0. The van der Waals surface area contributed by atoms with Crippen molar-refractivity contribution in [2.75, 3.05) is 13.2 Å². The molecule has 29 heavy (non-hydrogen) atoms. The first kappa shape index (κ1) is 19.6. The van der Waals surface area contributed by atoms with Crippen molar-refractivity contribution < 1.29 is 9.53 Å². The zero-order valence-corrected chi connectivity index (χ0v) is 16.7. The average molecular weight is 412 g/mol. The quantitative estimate of drug-likeness (QED) is 0.675. The molecule has 1 saturated heterocycles. The van der Waals surface area contributed by atoms with E-state index in [1.54, 1.807) is 35.2 Å². The largest absolute Gasteiger partial charge is 0.376 e. The lowest BCUT2D eigenvalue weighted by molar-refractivity contribution is -0.132. The Morgan fingerprint density at radius 1 is 1.21 bits per heavy atom. The van der Waals surface area contributed by atoms with Crippen LogP contribution in [-0.2, 0) is 22.5 Å². The van der Waals surface area contributed by atoms with E-state index in [2.05, 4.69) is 9.97 Å². The van der Waals surface area contributed by atoms with Crippen LogP contribution in [0.1, 0.15) is 24.2 Å². The molecule has 0 saturated carbocycles. The van der Waals surface area contributed by atoms with Crippen molar-refractivity contribution in [2.45, 2.75) is 31.9 Å². The molecule has 3 aromatic rings. The number of halogens is 1. The molecule has 1 aliphatic rings. The molecule has 1 fully saturated rings. The predicted octanol–water partition coefficient (Wildman–Crippen LogP) is 3.33. The highest BCUT2D eigenvalue weighted by atomic mass is 35.5. The number of aromatic amines is 1. The van der Waals surface area contributed by atoms with Crippen molar-refractivity contribution in [1.82, 2.24) is 14.9 Å². The van der Waals surface area contributed by atoms with Gasteiger partial charge in [-0.2, -0.15) is 0 Å². The molecule has 1 N–H and O–H groups in total. The maximum absolute atomic E-state index is 13.1. The van der Waals surface area contributed by atoms with E-state index in [9.17, 15) is 9.59 Å². The van der Waals surface area contributed by atoms with Gasteiger partial charge in [0.25, 0.3) is 5.56 Å². The Kier molecular flexibility index (Phi) is 5.92. The first-order chi connectivity index (χ1) is 14.1. The molecule has 0 radical (unpaired) electrons. The van der Waals surface area contributed by atoms with Crippen LogP contribution in [-0.4, -0.2) is 40.0 Å². The number of ether oxygens (including phenoxy) is 1. The van der Waals surface area contributed by atoms with Gasteiger partial charge in [0.15, 0.2) is 0 Å². The van der Waals surface area contributed by atoms with Crippen LogP contribution in [0.3, 0.4) is 0 Å². The van der Waals surface area contributed by atoms with Crippen molar-refractivity contribution in [3.63, 3.8) is 0 Å². The Labute approximate surface area is 173 Å². The second kappa shape index (κ2) is 8.76. The summed E-state index contributed by atoms with van der Waals surface area (Å²) in [6, 6.07) is 14.4. The third-order valence-electron chi connectivity index (χ3n) is 5.07. The van der Waals surface area contributed by atoms with E-state index in [1.165, 1.54) is 0 Å². The van der Waals surface area contributed by atoms with E-state index in [1.807, 2.05) is 18.2 Å². The van der Waals surface area contributed by atoms with Crippen LogP contribution in [0.25, 0.3) is 10.9 Å². The average Bonchev–Trinajstić information content (AvgIpc) is 3.22. The summed E-state index contributed by atoms with van der Waals surface area (Å²) < 4.78 is 5.73. The normalized spacial score (nSPS) is 16.2. The maximum Gasteiger partial charge on any atom is 0.258 e. The van der Waals surface area contributed by atoms with Gasteiger partial charge in [0.2, 0.25) is 5.91 Å². The molecule has 0 bridgehead atoms. The smallest absolute Gasteiger partial charge is 0.258 e. The van der Waals surface area contributed by atoms with E-state index >= 15 is 0 Å². The number of carbonyl (C=O) groups excluding carboxylic acids is 1. The standard InChI is InChI=1S/C22H22ClN3O3/c23-16-9-7-15(8-10-16)12-21(27)26(13-17-4-3-11-29-17)14-20-24-19-6-2-1-5-18(19)22(28)25-20/h1-2,5-10,17H,3-4,11-14H2,(H,24,25,28)/t17-/m1/s1. The summed E-state index contributed by atoms with van der Waals surface area (Å²) in [5, 5.41) is 1.17. The third kappa shape index (κ3) is 4.83. The van der Waals surface area contributed by atoms with E-state index in [0.717, 1.165) is 25.0 Å². The summed E-state index contributed by atoms with van der Waals surface area (Å²) in [6.07, 6.45) is 2.18. The fraction of sp³-hybridized carbons (Fsp3) is 0.318. The summed E-state index contributed by atoms with van der Waals surface area (Å²) in [6.45, 7) is 1.42. The molecule has 0 unspecified atom stereocenters. The molecule has 0 aliphatic carbocycles. The first-order valence-corrected chi connectivity index (χ1v) is 10.1. The number of carbonyl (C=O) groups is 1. The molecule has 1 amide bonds. The molecule has 1 aromatic heterocycles. The number of amides is 1. The highest BCUT2D eigenvalue weighted by molar-refractivity contribution is 6.30. The Morgan fingerprint density at radius 3 is 2.76 bits per heavy atom. The van der Waals surface area contributed by atoms with Gasteiger partial charge in [0.1, 0.15) is 5.82 Å². The van der Waals surface area contributed by atoms with Crippen LogP contribution in [0.4, 0.5) is 0 Å². The lowest BCUT2D eigenvalue weighted by Gasteiger charge is -2.25. The van der Waals surface area contributed by atoms with E-state index < -0.39 is 0 Å². The predicted molar refractivity (Wildman–Crippen MR) is 112 cm³/mol. The Hall–Kier alpha value is -2.70. The molecule has 6 nitrogen and oxygen atoms in total. The molecule has 2 aromatic carbocycles. The van der Waals surface area contributed by atoms with Crippen molar-refractivity contribution in [2.24, 2.45) is 0 Å². The van der Waals surface area contributed by atoms with Gasteiger partial charge in [-0.3, -0.25) is 9.59 Å². The van der Waals surface area contributed by atoms with Gasteiger partial charge in [-0.1, -0.05) is 35.9 Å². The van der Waals surface area contributed by atoms with Crippen LogP contribution in [0.2, 0.25) is 5.02 Å². The van der Waals surface area contributed by atoms with Gasteiger partial charge in [-0.15, -0.1) is 0 Å². The third-order valence-corrected chi connectivity index (χ3v) is 5.32. The Bertz CT molecular complexity index is 1060. The zero-order valence-electron chi connectivity index (χ0n) is 15.9. The number of benzene rings is 2. The second-order valence-corrected chi connectivity index (χ2v) is 7.68. The van der Waals surface area contributed by atoms with Gasteiger partial charge in [0, 0.05) is 18.2 Å². The monoisotopic (exact) mass is 411 g/mol. The van der Waals surface area contributed by atoms with Crippen LogP contribution < -0.4 is 5.56 Å². The number of para-hydroxylation sites is 1. The number of nitrogens with one attached hydrogen (secondary N) is 1. The molecule has 4 rings (SSSR count). The number of hydrogen-bond donors (Lipinski definition) is 1. The SMILES string of the molecule is O=C(Cc1ccc(Cl)cc1)N(Cc1nc2ccccc2c(=O)[nH]1)C[C@H]1CCCO1. The number of fused-ring (bicyclic) bond motifs is 1. The number of rotatable bonds is 6. The molecule has 150 valence electrons. The minimum Gasteiger partial charge on any atom is -0.376 e. The number of hydrogen-bond acceptors (Lipinski definition) is 4. The van der Waals surface area contributed by atoms with Gasteiger partial charge in [0.05, 0.1) is 30.0 Å². The van der Waals surface area contributed by atoms with E-state index in [0.29, 0.717) is 28.3 Å². The topological polar surface area (TPSA) is 75.3 Å². The van der Waals surface area contributed by atoms with Crippen molar-refractivity contribution in [1.29, 1.82) is 0 Å². The first-order valence-electron chi connectivity index (χ1n) is 9.70. The van der Waals surface area contributed by atoms with Crippen LogP contribution >= 0.6 is 11.6 Å². The summed E-state index contributed by atoms with van der Waals surface area (Å²) >= 11 is 5.94. The minimum absolute atomic E-state index is 0.0105. The van der Waals surface area contributed by atoms with Gasteiger partial charge < -0.3 is 14.6 Å². The highest BCUT2D eigenvalue weighted by Gasteiger charge is 2.23. The van der Waals surface area contributed by atoms with Gasteiger partial charge in [-0.25, -0.2) is 4.98 Å². The summed E-state index contributed by atoms with van der Waals surface area (Å²) in [5.74, 6) is 0.426.